The maximum absolute atomic E-state index is 12.4. The fraction of sp³-hybridized carbons (Fsp3) is 0.118. The molecule has 7 heteroatoms. The monoisotopic (exact) mass is 323 g/mol. The van der Waals surface area contributed by atoms with Crippen LogP contribution >= 0.6 is 0 Å². The van der Waals surface area contributed by atoms with E-state index in [9.17, 15) is 4.79 Å². The summed E-state index contributed by atoms with van der Waals surface area (Å²) in [7, 11) is 1.60. The predicted octanol–water partition coefficient (Wildman–Crippen LogP) is 2.49. The van der Waals surface area contributed by atoms with Gasteiger partial charge < -0.3 is 15.4 Å². The second-order valence-electron chi connectivity index (χ2n) is 5.01. The van der Waals surface area contributed by atoms with Crippen molar-refractivity contribution in [2.24, 2.45) is 0 Å². The third kappa shape index (κ3) is 3.52. The molecule has 0 bridgehead atoms. The molecule has 3 rings (SSSR count). The Balaban J connectivity index is 1.69. The Morgan fingerprint density at radius 1 is 1.08 bits per heavy atom. The molecule has 122 valence electrons. The normalized spacial score (nSPS) is 10.2. The Hall–Kier alpha value is -3.35. The minimum Gasteiger partial charge on any atom is -0.496 e. The highest BCUT2D eigenvalue weighted by atomic mass is 16.5. The highest BCUT2D eigenvalue weighted by Crippen LogP contribution is 2.18. The first-order chi connectivity index (χ1) is 11.8. The van der Waals surface area contributed by atoms with Gasteiger partial charge in [0.25, 0.3) is 5.91 Å². The largest absolute Gasteiger partial charge is 0.496 e. The van der Waals surface area contributed by atoms with Crippen LogP contribution in [-0.4, -0.2) is 28.4 Å². The molecule has 0 aliphatic rings. The number of methoxy groups -OCH3 is 1. The summed E-state index contributed by atoms with van der Waals surface area (Å²) in [4.78, 5) is 12.4. The smallest absolute Gasteiger partial charge is 0.275 e. The van der Waals surface area contributed by atoms with Crippen LogP contribution in [-0.2, 0) is 6.54 Å². The van der Waals surface area contributed by atoms with Gasteiger partial charge in [0.1, 0.15) is 5.75 Å². The van der Waals surface area contributed by atoms with Gasteiger partial charge in [-0.25, -0.2) is 0 Å². The third-order valence-corrected chi connectivity index (χ3v) is 3.43. The van der Waals surface area contributed by atoms with Crippen LogP contribution in [0.4, 0.5) is 11.5 Å². The number of carbonyl (C=O) groups excluding carboxylic acids is 1. The van der Waals surface area contributed by atoms with Gasteiger partial charge in [0.2, 0.25) is 0 Å². The van der Waals surface area contributed by atoms with Gasteiger partial charge in [0, 0.05) is 17.8 Å². The van der Waals surface area contributed by atoms with Crippen LogP contribution in [0.25, 0.3) is 0 Å². The number of nitrogens with zero attached hydrogens (tertiary/aromatic N) is 2. The van der Waals surface area contributed by atoms with E-state index < -0.39 is 0 Å². The summed E-state index contributed by atoms with van der Waals surface area (Å²) >= 11 is 0. The Morgan fingerprint density at radius 2 is 1.83 bits per heavy atom. The predicted molar refractivity (Wildman–Crippen MR) is 90.3 cm³/mol. The quantitative estimate of drug-likeness (QED) is 0.648. The number of aromatic amines is 1. The number of aromatic nitrogens is 3. The molecule has 0 aliphatic heterocycles. The van der Waals surface area contributed by atoms with Crippen molar-refractivity contribution >= 4 is 17.4 Å². The number of hydrogen-bond acceptors (Lipinski definition) is 5. The second-order valence-corrected chi connectivity index (χ2v) is 5.01. The molecule has 3 N–H and O–H groups in total. The number of ether oxygens (including phenoxy) is 1. The van der Waals surface area contributed by atoms with Gasteiger partial charge in [-0.1, -0.05) is 36.4 Å². The number of rotatable bonds is 6. The van der Waals surface area contributed by atoms with E-state index in [2.05, 4.69) is 26.0 Å². The van der Waals surface area contributed by atoms with E-state index >= 15 is 0 Å². The standard InChI is InChI=1S/C17H17N5O2/c1-24-14-10-6-5-7-12(14)11-18-17(23)15-16(21-22-20-15)19-13-8-3-2-4-9-13/h2-10H,11H2,1H3,(H,18,23)(H2,19,20,21,22). The van der Waals surface area contributed by atoms with E-state index in [1.54, 1.807) is 7.11 Å². The van der Waals surface area contributed by atoms with E-state index in [1.165, 1.54) is 0 Å². The van der Waals surface area contributed by atoms with Crippen molar-refractivity contribution in [3.8, 4) is 5.75 Å². The number of benzene rings is 2. The second kappa shape index (κ2) is 7.28. The number of nitrogens with one attached hydrogen (secondary N) is 3. The number of carbonyl (C=O) groups is 1. The summed E-state index contributed by atoms with van der Waals surface area (Å²) in [6.45, 7) is 0.334. The van der Waals surface area contributed by atoms with E-state index in [1.807, 2.05) is 54.6 Å². The van der Waals surface area contributed by atoms with Crippen molar-refractivity contribution in [2.45, 2.75) is 6.54 Å². The van der Waals surface area contributed by atoms with Crippen molar-refractivity contribution < 1.29 is 9.53 Å². The van der Waals surface area contributed by atoms with Gasteiger partial charge in [-0.3, -0.25) is 4.79 Å². The van der Waals surface area contributed by atoms with Gasteiger partial charge in [0.05, 0.1) is 7.11 Å². The molecule has 2 aromatic carbocycles. The van der Waals surface area contributed by atoms with E-state index in [0.717, 1.165) is 17.0 Å². The molecule has 1 heterocycles. The SMILES string of the molecule is COc1ccccc1CNC(=O)c1n[nH]nc1Nc1ccccc1. The molecule has 7 nitrogen and oxygen atoms in total. The third-order valence-electron chi connectivity index (χ3n) is 3.43. The molecule has 1 aromatic heterocycles. The zero-order valence-electron chi connectivity index (χ0n) is 13.1. The molecule has 3 aromatic rings. The number of amides is 1. The van der Waals surface area contributed by atoms with Gasteiger partial charge >= 0.3 is 0 Å². The summed E-state index contributed by atoms with van der Waals surface area (Å²) in [5, 5.41) is 16.3. The molecule has 0 aliphatic carbocycles. The van der Waals surface area contributed by atoms with Crippen molar-refractivity contribution in [1.29, 1.82) is 0 Å². The molecular weight excluding hydrogens is 306 g/mol. The lowest BCUT2D eigenvalue weighted by Gasteiger charge is -2.09. The maximum Gasteiger partial charge on any atom is 0.275 e. The minimum atomic E-state index is -0.326. The van der Waals surface area contributed by atoms with Gasteiger partial charge in [-0.15, -0.1) is 10.2 Å². The molecular formula is C17H17N5O2. The summed E-state index contributed by atoms with van der Waals surface area (Å²) in [6.07, 6.45) is 0. The molecule has 24 heavy (non-hydrogen) atoms. The van der Waals surface area contributed by atoms with E-state index in [-0.39, 0.29) is 11.6 Å². The molecule has 0 spiro atoms. The lowest BCUT2D eigenvalue weighted by molar-refractivity contribution is 0.0946. The van der Waals surface area contributed by atoms with Gasteiger partial charge in [-0.2, -0.15) is 5.21 Å². The van der Waals surface area contributed by atoms with Crippen LogP contribution in [0.2, 0.25) is 0 Å². The van der Waals surface area contributed by atoms with Crippen molar-refractivity contribution in [1.82, 2.24) is 20.7 Å². The van der Waals surface area contributed by atoms with E-state index in [4.69, 9.17) is 4.74 Å². The molecule has 0 radical (unpaired) electrons. The minimum absolute atomic E-state index is 0.203. The average molecular weight is 323 g/mol. The highest BCUT2D eigenvalue weighted by Gasteiger charge is 2.17. The molecule has 0 atom stereocenters. The van der Waals surface area contributed by atoms with Crippen LogP contribution in [0.15, 0.2) is 54.6 Å². The Kier molecular flexibility index (Phi) is 4.71. The van der Waals surface area contributed by atoms with Gasteiger partial charge in [-0.05, 0) is 18.2 Å². The fourth-order valence-corrected chi connectivity index (χ4v) is 2.24. The maximum atomic E-state index is 12.4. The lowest BCUT2D eigenvalue weighted by Crippen LogP contribution is -2.24. The fourth-order valence-electron chi connectivity index (χ4n) is 2.24. The van der Waals surface area contributed by atoms with Gasteiger partial charge in [0.15, 0.2) is 11.5 Å². The van der Waals surface area contributed by atoms with Crippen molar-refractivity contribution in [2.75, 3.05) is 12.4 Å². The molecule has 1 amide bonds. The summed E-state index contributed by atoms with van der Waals surface area (Å²) in [5.41, 5.74) is 1.91. The van der Waals surface area contributed by atoms with Crippen LogP contribution in [0.3, 0.4) is 0 Å². The zero-order valence-corrected chi connectivity index (χ0v) is 13.1. The highest BCUT2D eigenvalue weighted by molar-refractivity contribution is 5.97. The Labute approximate surface area is 139 Å². The Morgan fingerprint density at radius 3 is 2.62 bits per heavy atom. The first-order valence-electron chi connectivity index (χ1n) is 7.41. The molecule has 0 saturated heterocycles. The average Bonchev–Trinajstić information content (AvgIpc) is 3.09. The first-order valence-corrected chi connectivity index (χ1v) is 7.41. The van der Waals surface area contributed by atoms with Crippen LogP contribution in [0, 0.1) is 0 Å². The van der Waals surface area contributed by atoms with Crippen LogP contribution in [0.1, 0.15) is 16.1 Å². The topological polar surface area (TPSA) is 91.9 Å². The first kappa shape index (κ1) is 15.5. The van der Waals surface area contributed by atoms with Crippen molar-refractivity contribution in [3.05, 3.63) is 65.9 Å². The van der Waals surface area contributed by atoms with Crippen molar-refractivity contribution in [3.63, 3.8) is 0 Å². The lowest BCUT2D eigenvalue weighted by atomic mass is 10.2. The zero-order chi connectivity index (χ0) is 16.8. The molecule has 0 fully saturated rings. The summed E-state index contributed by atoms with van der Waals surface area (Å²) in [6, 6.07) is 17.0. The number of para-hydroxylation sites is 2. The molecule has 0 unspecified atom stereocenters. The van der Waals surface area contributed by atoms with E-state index in [0.29, 0.717) is 12.4 Å². The summed E-state index contributed by atoms with van der Waals surface area (Å²) in [5.74, 6) is 0.771. The molecule has 0 saturated carbocycles. The summed E-state index contributed by atoms with van der Waals surface area (Å²) < 4.78 is 5.27. The number of anilines is 2. The Bertz CT molecular complexity index is 817. The number of hydrogen-bond donors (Lipinski definition) is 3. The number of H-pyrrole nitrogens is 1. The van der Waals surface area contributed by atoms with Crippen LogP contribution in [0.5, 0.6) is 5.75 Å². The van der Waals surface area contributed by atoms with Crippen LogP contribution < -0.4 is 15.4 Å².